The lowest BCUT2D eigenvalue weighted by Gasteiger charge is -2.28. The van der Waals surface area contributed by atoms with Crippen molar-refractivity contribution in [3.05, 3.63) is 29.8 Å². The van der Waals surface area contributed by atoms with E-state index in [1.807, 2.05) is 43.1 Å². The zero-order valence-corrected chi connectivity index (χ0v) is 12.3. The monoisotopic (exact) mass is 264 g/mol. The Kier molecular flexibility index (Phi) is 6.36. The quantitative estimate of drug-likeness (QED) is 0.821. The van der Waals surface area contributed by atoms with Gasteiger partial charge in [0.1, 0.15) is 5.75 Å². The Balaban J connectivity index is 2.82. The van der Waals surface area contributed by atoms with Crippen LogP contribution in [-0.2, 0) is 4.79 Å². The maximum absolute atomic E-state index is 12.2. The van der Waals surface area contributed by atoms with Gasteiger partial charge in [-0.25, -0.2) is 0 Å². The lowest BCUT2D eigenvalue weighted by Crippen LogP contribution is -2.34. The fraction of sp³-hybridized carbons (Fsp3) is 0.533. The molecule has 106 valence electrons. The van der Waals surface area contributed by atoms with Crippen molar-refractivity contribution in [2.75, 3.05) is 27.2 Å². The van der Waals surface area contributed by atoms with Crippen LogP contribution in [0.1, 0.15) is 31.9 Å². The van der Waals surface area contributed by atoms with Crippen molar-refractivity contribution in [1.29, 1.82) is 0 Å². The third kappa shape index (κ3) is 4.24. The summed E-state index contributed by atoms with van der Waals surface area (Å²) in [5.41, 5.74) is 1.10. The highest BCUT2D eigenvalue weighted by molar-refractivity contribution is 5.76. The molecule has 1 aromatic carbocycles. The molecule has 4 nitrogen and oxygen atoms in total. The van der Waals surface area contributed by atoms with Crippen LogP contribution in [0.3, 0.4) is 0 Å². The lowest BCUT2D eigenvalue weighted by atomic mass is 10.1. The molecule has 0 spiro atoms. The number of carbonyl (C=O) groups excluding carboxylic acids is 1. The molecule has 0 radical (unpaired) electrons. The number of rotatable bonds is 7. The Morgan fingerprint density at radius 1 is 1.47 bits per heavy atom. The van der Waals surface area contributed by atoms with Gasteiger partial charge < -0.3 is 15.0 Å². The third-order valence-electron chi connectivity index (χ3n) is 3.29. The topological polar surface area (TPSA) is 41.6 Å². The number of benzene rings is 1. The van der Waals surface area contributed by atoms with Crippen molar-refractivity contribution in [2.24, 2.45) is 0 Å². The van der Waals surface area contributed by atoms with Crippen LogP contribution in [0.15, 0.2) is 24.3 Å². The van der Waals surface area contributed by atoms with Crippen molar-refractivity contribution in [1.82, 2.24) is 10.2 Å². The fourth-order valence-electron chi connectivity index (χ4n) is 2.12. The summed E-state index contributed by atoms with van der Waals surface area (Å²) in [5.74, 6) is 0.996. The number of hydrogen-bond acceptors (Lipinski definition) is 3. The van der Waals surface area contributed by atoms with Gasteiger partial charge in [-0.15, -0.1) is 0 Å². The summed E-state index contributed by atoms with van der Waals surface area (Å²) in [5, 5.41) is 3.01. The Morgan fingerprint density at radius 3 is 2.79 bits per heavy atom. The molecule has 1 rings (SSSR count). The zero-order valence-electron chi connectivity index (χ0n) is 12.3. The first kappa shape index (κ1) is 15.5. The van der Waals surface area contributed by atoms with Gasteiger partial charge in [0, 0.05) is 19.5 Å². The Labute approximate surface area is 115 Å². The Bertz CT molecular complexity index is 407. The van der Waals surface area contributed by atoms with E-state index in [9.17, 15) is 4.79 Å². The van der Waals surface area contributed by atoms with E-state index in [1.54, 1.807) is 7.11 Å². The number of nitrogens with one attached hydrogen (secondary N) is 1. The highest BCUT2D eigenvalue weighted by Crippen LogP contribution is 2.24. The number of hydrogen-bond donors (Lipinski definition) is 1. The van der Waals surface area contributed by atoms with Gasteiger partial charge in [-0.3, -0.25) is 4.79 Å². The molecule has 0 aromatic heterocycles. The molecule has 0 aliphatic heterocycles. The molecule has 0 saturated carbocycles. The first-order chi connectivity index (χ1) is 9.13. The van der Waals surface area contributed by atoms with E-state index >= 15 is 0 Å². The second-order valence-electron chi connectivity index (χ2n) is 4.49. The summed E-state index contributed by atoms with van der Waals surface area (Å²) >= 11 is 0. The van der Waals surface area contributed by atoms with E-state index < -0.39 is 0 Å². The number of methoxy groups -OCH3 is 1. The summed E-state index contributed by atoms with van der Waals surface area (Å²) in [6.07, 6.45) is 0.526. The van der Waals surface area contributed by atoms with Gasteiger partial charge in [0.25, 0.3) is 0 Å². The summed E-state index contributed by atoms with van der Waals surface area (Å²) in [4.78, 5) is 14.1. The first-order valence-electron chi connectivity index (χ1n) is 6.72. The molecule has 4 heteroatoms. The SMILES string of the molecule is CCN(C(=O)CCNC)C(C)c1cccc(OC)c1. The number of amides is 1. The molecule has 0 aliphatic rings. The molecule has 0 fully saturated rings. The van der Waals surface area contributed by atoms with Gasteiger partial charge in [-0.2, -0.15) is 0 Å². The van der Waals surface area contributed by atoms with Crippen LogP contribution in [0.2, 0.25) is 0 Å². The smallest absolute Gasteiger partial charge is 0.224 e. The third-order valence-corrected chi connectivity index (χ3v) is 3.29. The molecule has 1 N–H and O–H groups in total. The standard InChI is InChI=1S/C15H24N2O2/c1-5-17(15(18)9-10-16-3)12(2)13-7-6-8-14(11-13)19-4/h6-8,11-12,16H,5,9-10H2,1-4H3. The fourth-order valence-corrected chi connectivity index (χ4v) is 2.12. The van der Waals surface area contributed by atoms with E-state index in [4.69, 9.17) is 4.74 Å². The number of ether oxygens (including phenoxy) is 1. The van der Waals surface area contributed by atoms with Gasteiger partial charge >= 0.3 is 0 Å². The second kappa shape index (κ2) is 7.79. The van der Waals surface area contributed by atoms with Gasteiger partial charge in [-0.1, -0.05) is 12.1 Å². The van der Waals surface area contributed by atoms with Gasteiger partial charge in [0.05, 0.1) is 13.2 Å². The van der Waals surface area contributed by atoms with Crippen molar-refractivity contribution >= 4 is 5.91 Å². The van der Waals surface area contributed by atoms with Crippen LogP contribution in [0, 0.1) is 0 Å². The predicted molar refractivity (Wildman–Crippen MR) is 77.3 cm³/mol. The Hall–Kier alpha value is -1.55. The maximum atomic E-state index is 12.2. The molecule has 0 aliphatic carbocycles. The predicted octanol–water partition coefficient (Wildman–Crippen LogP) is 2.21. The van der Waals surface area contributed by atoms with E-state index in [0.717, 1.165) is 11.3 Å². The molecular formula is C15H24N2O2. The average molecular weight is 264 g/mol. The van der Waals surface area contributed by atoms with E-state index in [1.165, 1.54) is 0 Å². The molecule has 1 atom stereocenters. The van der Waals surface area contributed by atoms with E-state index in [-0.39, 0.29) is 11.9 Å². The summed E-state index contributed by atoms with van der Waals surface area (Å²) in [7, 11) is 3.51. The molecule has 1 amide bonds. The molecular weight excluding hydrogens is 240 g/mol. The van der Waals surface area contributed by atoms with Crippen LogP contribution in [0.4, 0.5) is 0 Å². The minimum atomic E-state index is 0.0597. The van der Waals surface area contributed by atoms with Crippen LogP contribution in [0.5, 0.6) is 5.75 Å². The van der Waals surface area contributed by atoms with Gasteiger partial charge in [0.2, 0.25) is 5.91 Å². The minimum absolute atomic E-state index is 0.0597. The van der Waals surface area contributed by atoms with E-state index in [2.05, 4.69) is 12.2 Å². The van der Waals surface area contributed by atoms with Crippen LogP contribution in [-0.4, -0.2) is 38.1 Å². The Morgan fingerprint density at radius 2 is 2.21 bits per heavy atom. The van der Waals surface area contributed by atoms with Crippen molar-refractivity contribution < 1.29 is 9.53 Å². The van der Waals surface area contributed by atoms with Gasteiger partial charge in [0.15, 0.2) is 0 Å². The normalized spacial score (nSPS) is 12.0. The van der Waals surface area contributed by atoms with Crippen LogP contribution >= 0.6 is 0 Å². The summed E-state index contributed by atoms with van der Waals surface area (Å²) < 4.78 is 5.23. The maximum Gasteiger partial charge on any atom is 0.224 e. The molecule has 19 heavy (non-hydrogen) atoms. The zero-order chi connectivity index (χ0) is 14.3. The first-order valence-corrected chi connectivity index (χ1v) is 6.72. The van der Waals surface area contributed by atoms with Crippen LogP contribution < -0.4 is 10.1 Å². The largest absolute Gasteiger partial charge is 0.497 e. The highest BCUT2D eigenvalue weighted by Gasteiger charge is 2.19. The van der Waals surface area contributed by atoms with Gasteiger partial charge in [-0.05, 0) is 38.6 Å². The number of carbonyl (C=O) groups is 1. The highest BCUT2D eigenvalue weighted by atomic mass is 16.5. The van der Waals surface area contributed by atoms with Crippen LogP contribution in [0.25, 0.3) is 0 Å². The number of nitrogens with zero attached hydrogens (tertiary/aromatic N) is 1. The average Bonchev–Trinajstić information content (AvgIpc) is 2.45. The summed E-state index contributed by atoms with van der Waals surface area (Å²) in [6.45, 7) is 5.48. The van der Waals surface area contributed by atoms with E-state index in [0.29, 0.717) is 19.5 Å². The molecule has 0 heterocycles. The van der Waals surface area contributed by atoms with Crippen molar-refractivity contribution in [3.8, 4) is 5.75 Å². The molecule has 1 unspecified atom stereocenters. The minimum Gasteiger partial charge on any atom is -0.497 e. The summed E-state index contributed by atoms with van der Waals surface area (Å²) in [6, 6.07) is 7.94. The van der Waals surface area contributed by atoms with Crippen molar-refractivity contribution in [2.45, 2.75) is 26.3 Å². The second-order valence-corrected chi connectivity index (χ2v) is 4.49. The lowest BCUT2D eigenvalue weighted by molar-refractivity contribution is -0.133. The molecule has 0 saturated heterocycles. The molecule has 0 bridgehead atoms. The van der Waals surface area contributed by atoms with Crippen molar-refractivity contribution in [3.63, 3.8) is 0 Å². The molecule has 1 aromatic rings.